The highest BCUT2D eigenvalue weighted by atomic mass is 16.5. The third-order valence-corrected chi connectivity index (χ3v) is 2.37. The van der Waals surface area contributed by atoms with Crippen molar-refractivity contribution in [3.63, 3.8) is 0 Å². The van der Waals surface area contributed by atoms with Gasteiger partial charge in [-0.1, -0.05) is 6.07 Å². The molecule has 16 heavy (non-hydrogen) atoms. The normalized spacial score (nSPS) is 14.3. The van der Waals surface area contributed by atoms with Gasteiger partial charge in [0.15, 0.2) is 6.61 Å². The molecule has 1 amide bonds. The number of hydrogen-bond donors (Lipinski definition) is 2. The summed E-state index contributed by atoms with van der Waals surface area (Å²) in [6.45, 7) is 0.697. The Labute approximate surface area is 93.6 Å². The number of rotatable bonds is 3. The molecule has 1 aromatic rings. The van der Waals surface area contributed by atoms with Crippen molar-refractivity contribution in [1.82, 2.24) is 4.90 Å². The van der Waals surface area contributed by atoms with Crippen LogP contribution in [0.5, 0.6) is 5.75 Å². The highest BCUT2D eigenvalue weighted by Crippen LogP contribution is 2.28. The molecule has 2 rings (SSSR count). The van der Waals surface area contributed by atoms with Crippen molar-refractivity contribution >= 4 is 11.6 Å². The fourth-order valence-electron chi connectivity index (χ4n) is 1.59. The number of carbonyl (C=O) groups is 1. The first kappa shape index (κ1) is 10.9. The Morgan fingerprint density at radius 2 is 2.38 bits per heavy atom. The summed E-state index contributed by atoms with van der Waals surface area (Å²) in [5, 5.41) is 11.7. The molecule has 0 unspecified atom stereocenters. The summed E-state index contributed by atoms with van der Waals surface area (Å²) >= 11 is 0. The van der Waals surface area contributed by atoms with Gasteiger partial charge in [-0.05, 0) is 24.7 Å². The summed E-state index contributed by atoms with van der Waals surface area (Å²) in [6, 6.07) is 5.61. The molecular weight excluding hydrogens is 208 g/mol. The van der Waals surface area contributed by atoms with Crippen LogP contribution in [0.4, 0.5) is 5.69 Å². The maximum Gasteiger partial charge on any atom is 0.262 e. The molecule has 0 aliphatic carbocycles. The van der Waals surface area contributed by atoms with Gasteiger partial charge in [-0.15, -0.1) is 0 Å². The molecule has 1 heterocycles. The first-order chi connectivity index (χ1) is 7.69. The van der Waals surface area contributed by atoms with Gasteiger partial charge in [0.05, 0.1) is 12.4 Å². The maximum atomic E-state index is 11.1. The first-order valence-corrected chi connectivity index (χ1v) is 5.04. The number of amides is 1. The fourth-order valence-corrected chi connectivity index (χ4v) is 1.59. The van der Waals surface area contributed by atoms with Crippen molar-refractivity contribution in [3.8, 4) is 5.75 Å². The molecular formula is C11H14N2O3. The molecule has 0 atom stereocenters. The molecule has 1 aliphatic rings. The number of hydrogen-bond acceptors (Lipinski definition) is 4. The van der Waals surface area contributed by atoms with Crippen LogP contribution in [-0.2, 0) is 11.3 Å². The van der Waals surface area contributed by atoms with Crippen molar-refractivity contribution < 1.29 is 14.6 Å². The van der Waals surface area contributed by atoms with Crippen molar-refractivity contribution in [3.05, 3.63) is 23.8 Å². The lowest BCUT2D eigenvalue weighted by Crippen LogP contribution is -2.25. The van der Waals surface area contributed by atoms with E-state index in [1.165, 1.54) is 0 Å². The Bertz CT molecular complexity index is 406. The molecule has 0 saturated heterocycles. The summed E-state index contributed by atoms with van der Waals surface area (Å²) in [4.78, 5) is 12.9. The Morgan fingerprint density at radius 1 is 1.56 bits per heavy atom. The zero-order valence-electron chi connectivity index (χ0n) is 9.06. The van der Waals surface area contributed by atoms with Crippen molar-refractivity contribution in [1.29, 1.82) is 0 Å². The van der Waals surface area contributed by atoms with Crippen LogP contribution in [0.15, 0.2) is 18.2 Å². The second-order valence-corrected chi connectivity index (χ2v) is 3.82. The van der Waals surface area contributed by atoms with E-state index in [4.69, 9.17) is 9.84 Å². The number of nitrogens with zero attached hydrogens (tertiary/aromatic N) is 1. The lowest BCUT2D eigenvalue weighted by atomic mass is 10.1. The summed E-state index contributed by atoms with van der Waals surface area (Å²) < 4.78 is 5.25. The molecule has 5 nitrogen and oxygen atoms in total. The van der Waals surface area contributed by atoms with Crippen LogP contribution in [0.1, 0.15) is 5.56 Å². The summed E-state index contributed by atoms with van der Waals surface area (Å²) in [5.74, 6) is 0.551. The SMILES string of the molecule is CN(CO)Cc1ccc2c(c1)NC(=O)CO2. The van der Waals surface area contributed by atoms with Crippen LogP contribution >= 0.6 is 0 Å². The fraction of sp³-hybridized carbons (Fsp3) is 0.364. The predicted octanol–water partition coefficient (Wildman–Crippen LogP) is 0.399. The van der Waals surface area contributed by atoms with E-state index in [0.29, 0.717) is 18.0 Å². The van der Waals surface area contributed by atoms with Crippen LogP contribution < -0.4 is 10.1 Å². The van der Waals surface area contributed by atoms with Crippen molar-refractivity contribution in [2.24, 2.45) is 0 Å². The number of carbonyl (C=O) groups excluding carboxylic acids is 1. The van der Waals surface area contributed by atoms with Crippen LogP contribution in [-0.4, -0.2) is 36.3 Å². The maximum absolute atomic E-state index is 11.1. The van der Waals surface area contributed by atoms with Gasteiger partial charge in [0.25, 0.3) is 5.91 Å². The Morgan fingerprint density at radius 3 is 3.12 bits per heavy atom. The van der Waals surface area contributed by atoms with Crippen LogP contribution in [0.3, 0.4) is 0 Å². The van der Waals surface area contributed by atoms with Crippen molar-refractivity contribution in [2.45, 2.75) is 6.54 Å². The monoisotopic (exact) mass is 222 g/mol. The number of aliphatic hydroxyl groups excluding tert-OH is 1. The highest BCUT2D eigenvalue weighted by Gasteiger charge is 2.15. The van der Waals surface area contributed by atoms with E-state index < -0.39 is 0 Å². The zero-order valence-corrected chi connectivity index (χ0v) is 9.06. The summed E-state index contributed by atoms with van der Waals surface area (Å²) in [6.07, 6.45) is 0. The average molecular weight is 222 g/mol. The van der Waals surface area contributed by atoms with Gasteiger partial charge in [-0.2, -0.15) is 0 Å². The van der Waals surface area contributed by atoms with E-state index in [9.17, 15) is 4.79 Å². The van der Waals surface area contributed by atoms with Crippen LogP contribution in [0.25, 0.3) is 0 Å². The lowest BCUT2D eigenvalue weighted by molar-refractivity contribution is -0.118. The summed E-state index contributed by atoms with van der Waals surface area (Å²) in [7, 11) is 1.81. The predicted molar refractivity (Wildman–Crippen MR) is 59.1 cm³/mol. The number of nitrogens with one attached hydrogen (secondary N) is 1. The number of anilines is 1. The van der Waals surface area contributed by atoms with Gasteiger partial charge in [-0.25, -0.2) is 0 Å². The topological polar surface area (TPSA) is 61.8 Å². The van der Waals surface area contributed by atoms with Crippen LogP contribution in [0.2, 0.25) is 0 Å². The van der Waals surface area contributed by atoms with E-state index in [0.717, 1.165) is 5.56 Å². The molecule has 0 radical (unpaired) electrons. The van der Waals surface area contributed by atoms with Gasteiger partial charge in [-0.3, -0.25) is 9.69 Å². The standard InChI is InChI=1S/C11H14N2O3/c1-13(7-14)5-8-2-3-10-9(4-8)12-11(15)6-16-10/h2-4,14H,5-7H2,1H3,(H,12,15). The lowest BCUT2D eigenvalue weighted by Gasteiger charge is -2.19. The second kappa shape index (κ2) is 4.51. The minimum absolute atomic E-state index is 0.0000557. The van der Waals surface area contributed by atoms with E-state index >= 15 is 0 Å². The second-order valence-electron chi connectivity index (χ2n) is 3.82. The van der Waals surface area contributed by atoms with Gasteiger partial charge in [0.2, 0.25) is 0 Å². The molecule has 0 aromatic heterocycles. The molecule has 0 bridgehead atoms. The van der Waals surface area contributed by atoms with Crippen LogP contribution in [0, 0.1) is 0 Å². The molecule has 86 valence electrons. The van der Waals surface area contributed by atoms with E-state index in [1.54, 1.807) is 4.90 Å². The molecule has 0 fully saturated rings. The minimum Gasteiger partial charge on any atom is -0.482 e. The number of fused-ring (bicyclic) bond motifs is 1. The van der Waals surface area contributed by atoms with E-state index in [1.807, 2.05) is 25.2 Å². The smallest absolute Gasteiger partial charge is 0.262 e. The number of ether oxygens (including phenoxy) is 1. The third kappa shape index (κ3) is 2.32. The molecule has 2 N–H and O–H groups in total. The molecule has 5 heteroatoms. The van der Waals surface area contributed by atoms with E-state index in [-0.39, 0.29) is 19.2 Å². The van der Waals surface area contributed by atoms with Crippen molar-refractivity contribution in [2.75, 3.05) is 25.7 Å². The quantitative estimate of drug-likeness (QED) is 0.727. The highest BCUT2D eigenvalue weighted by molar-refractivity contribution is 5.95. The molecule has 1 aliphatic heterocycles. The average Bonchev–Trinajstić information content (AvgIpc) is 2.28. The summed E-state index contributed by atoms with van der Waals surface area (Å²) in [5.41, 5.74) is 1.71. The minimum atomic E-state index is -0.139. The largest absolute Gasteiger partial charge is 0.482 e. The van der Waals surface area contributed by atoms with Gasteiger partial charge in [0, 0.05) is 6.54 Å². The Balaban J connectivity index is 2.18. The zero-order chi connectivity index (χ0) is 11.5. The first-order valence-electron chi connectivity index (χ1n) is 5.04. The van der Waals surface area contributed by atoms with E-state index in [2.05, 4.69) is 5.32 Å². The molecule has 0 saturated carbocycles. The number of benzene rings is 1. The number of aliphatic hydroxyl groups is 1. The molecule has 0 spiro atoms. The Kier molecular flexibility index (Phi) is 3.07. The Hall–Kier alpha value is -1.59. The molecule has 1 aromatic carbocycles. The van der Waals surface area contributed by atoms with Gasteiger partial charge in [0.1, 0.15) is 5.75 Å². The third-order valence-electron chi connectivity index (χ3n) is 2.37. The van der Waals surface area contributed by atoms with Gasteiger partial charge >= 0.3 is 0 Å². The van der Waals surface area contributed by atoms with Gasteiger partial charge < -0.3 is 15.2 Å².